The molecule has 8 heteroatoms. The van der Waals surface area contributed by atoms with Crippen molar-refractivity contribution >= 4 is 15.7 Å². The number of aryl methyl sites for hydroxylation is 1. The zero-order valence-corrected chi connectivity index (χ0v) is 16.8. The van der Waals surface area contributed by atoms with Crippen LogP contribution in [0.5, 0.6) is 0 Å². The van der Waals surface area contributed by atoms with Gasteiger partial charge in [0.1, 0.15) is 6.33 Å². The lowest BCUT2D eigenvalue weighted by atomic mass is 9.68. The molecular weight excluding hydrogens is 364 g/mol. The Labute approximate surface area is 160 Å². The van der Waals surface area contributed by atoms with Gasteiger partial charge in [0.05, 0.1) is 16.4 Å². The number of benzene rings is 1. The number of nitrogens with zero attached hydrogens (tertiary/aromatic N) is 3. The molecule has 3 rings (SSSR count). The molecule has 0 radical (unpaired) electrons. The fraction of sp³-hybridized carbons (Fsp3) is 0.526. The van der Waals surface area contributed by atoms with Crippen LogP contribution in [-0.4, -0.2) is 35.3 Å². The Kier molecular flexibility index (Phi) is 5.37. The maximum absolute atomic E-state index is 13.3. The predicted molar refractivity (Wildman–Crippen MR) is 102 cm³/mol. The molecule has 0 spiro atoms. The largest absolute Gasteiger partial charge is 0.346 e. The van der Waals surface area contributed by atoms with Gasteiger partial charge in [0.15, 0.2) is 15.7 Å². The number of aromatic nitrogens is 3. The Hall–Kier alpha value is -2.22. The van der Waals surface area contributed by atoms with E-state index in [2.05, 4.69) is 15.5 Å². The van der Waals surface area contributed by atoms with Crippen LogP contribution < -0.4 is 5.32 Å². The summed E-state index contributed by atoms with van der Waals surface area (Å²) in [7, 11) is -1.42. The van der Waals surface area contributed by atoms with E-state index in [1.807, 2.05) is 14.0 Å². The molecule has 1 aromatic heterocycles. The zero-order chi connectivity index (χ0) is 19.7. The summed E-state index contributed by atoms with van der Waals surface area (Å²) in [5.74, 6) is 0.659. The van der Waals surface area contributed by atoms with E-state index in [9.17, 15) is 13.2 Å². The Balaban J connectivity index is 1.90. The third kappa shape index (κ3) is 3.90. The molecule has 1 unspecified atom stereocenters. The average molecular weight is 391 g/mol. The van der Waals surface area contributed by atoms with E-state index in [0.29, 0.717) is 5.82 Å². The van der Waals surface area contributed by atoms with Gasteiger partial charge in [0.2, 0.25) is 5.91 Å². The summed E-state index contributed by atoms with van der Waals surface area (Å²) >= 11 is 0. The summed E-state index contributed by atoms with van der Waals surface area (Å²) in [5.41, 5.74) is 0.235. The van der Waals surface area contributed by atoms with E-state index in [0.717, 1.165) is 37.7 Å². The van der Waals surface area contributed by atoms with Crippen molar-refractivity contribution in [1.82, 2.24) is 20.1 Å². The Morgan fingerprint density at radius 2 is 1.81 bits per heavy atom. The van der Waals surface area contributed by atoms with Crippen molar-refractivity contribution in [2.75, 3.05) is 6.26 Å². The quantitative estimate of drug-likeness (QED) is 0.845. The minimum atomic E-state index is -3.26. The van der Waals surface area contributed by atoms with E-state index < -0.39 is 15.3 Å². The normalized spacial score (nSPS) is 18.0. The van der Waals surface area contributed by atoms with Crippen LogP contribution in [0, 0.1) is 0 Å². The van der Waals surface area contributed by atoms with Crippen LogP contribution in [0.25, 0.3) is 0 Å². The number of hydrogen-bond acceptors (Lipinski definition) is 5. The van der Waals surface area contributed by atoms with Crippen LogP contribution in [0.15, 0.2) is 35.5 Å². The van der Waals surface area contributed by atoms with E-state index in [-0.39, 0.29) is 16.8 Å². The standard InChI is InChI=1S/C19H26N4O3S/c1-14(17-22-20-13-23(17)2)21-18(24)19(11-5-4-6-12-19)15-7-9-16(10-8-15)27(3,25)26/h7-10,13-14H,4-6,11-12H2,1-3H3,(H,21,24). The van der Waals surface area contributed by atoms with Crippen LogP contribution in [0.3, 0.4) is 0 Å². The molecule has 1 amide bonds. The highest BCUT2D eigenvalue weighted by Crippen LogP contribution is 2.40. The summed E-state index contributed by atoms with van der Waals surface area (Å²) in [6.45, 7) is 1.89. The summed E-state index contributed by atoms with van der Waals surface area (Å²) in [6, 6.07) is 6.50. The van der Waals surface area contributed by atoms with Crippen LogP contribution in [0.4, 0.5) is 0 Å². The second-order valence-electron chi connectivity index (χ2n) is 7.43. The highest BCUT2D eigenvalue weighted by Gasteiger charge is 2.41. The summed E-state index contributed by atoms with van der Waals surface area (Å²) in [5, 5.41) is 11.1. The second-order valence-corrected chi connectivity index (χ2v) is 9.45. The number of rotatable bonds is 5. The van der Waals surface area contributed by atoms with Gasteiger partial charge in [-0.3, -0.25) is 4.79 Å². The van der Waals surface area contributed by atoms with Crippen LogP contribution in [0.1, 0.15) is 56.5 Å². The molecule has 1 N–H and O–H groups in total. The number of carbonyl (C=O) groups excluding carboxylic acids is 1. The van der Waals surface area contributed by atoms with Gasteiger partial charge in [0, 0.05) is 13.3 Å². The molecule has 1 saturated carbocycles. The maximum atomic E-state index is 13.3. The first kappa shape index (κ1) is 19.5. The fourth-order valence-electron chi connectivity index (χ4n) is 3.91. The second kappa shape index (κ2) is 7.42. The lowest BCUT2D eigenvalue weighted by Gasteiger charge is -2.37. The fourth-order valence-corrected chi connectivity index (χ4v) is 4.54. The van der Waals surface area contributed by atoms with Crippen molar-refractivity contribution < 1.29 is 13.2 Å². The van der Waals surface area contributed by atoms with E-state index in [4.69, 9.17) is 0 Å². The Bertz CT molecular complexity index is 913. The van der Waals surface area contributed by atoms with Gasteiger partial charge in [-0.1, -0.05) is 31.4 Å². The number of sulfone groups is 1. The van der Waals surface area contributed by atoms with Crippen molar-refractivity contribution in [3.63, 3.8) is 0 Å². The number of hydrogen-bond donors (Lipinski definition) is 1. The van der Waals surface area contributed by atoms with Crippen molar-refractivity contribution in [1.29, 1.82) is 0 Å². The minimum Gasteiger partial charge on any atom is -0.346 e. The number of nitrogens with one attached hydrogen (secondary N) is 1. The summed E-state index contributed by atoms with van der Waals surface area (Å²) in [6.07, 6.45) is 7.35. The molecule has 1 heterocycles. The predicted octanol–water partition coefficient (Wildman–Crippen LogP) is 2.30. The number of carbonyl (C=O) groups is 1. The summed E-state index contributed by atoms with van der Waals surface area (Å²) < 4.78 is 25.3. The molecule has 0 saturated heterocycles. The molecule has 1 aliphatic carbocycles. The third-order valence-electron chi connectivity index (χ3n) is 5.46. The van der Waals surface area contributed by atoms with Crippen molar-refractivity contribution in [2.45, 2.75) is 55.4 Å². The van der Waals surface area contributed by atoms with Crippen molar-refractivity contribution in [3.8, 4) is 0 Å². The molecule has 0 bridgehead atoms. The van der Waals surface area contributed by atoms with E-state index >= 15 is 0 Å². The van der Waals surface area contributed by atoms with Gasteiger partial charge in [-0.15, -0.1) is 10.2 Å². The van der Waals surface area contributed by atoms with Gasteiger partial charge in [-0.25, -0.2) is 8.42 Å². The molecule has 0 aliphatic heterocycles. The molecule has 1 atom stereocenters. The molecule has 146 valence electrons. The highest BCUT2D eigenvalue weighted by molar-refractivity contribution is 7.90. The van der Waals surface area contributed by atoms with Crippen molar-refractivity contribution in [3.05, 3.63) is 42.0 Å². The molecule has 1 fully saturated rings. The zero-order valence-electron chi connectivity index (χ0n) is 16.0. The van der Waals surface area contributed by atoms with Gasteiger partial charge < -0.3 is 9.88 Å². The first-order valence-corrected chi connectivity index (χ1v) is 11.1. The van der Waals surface area contributed by atoms with Gasteiger partial charge in [-0.2, -0.15) is 0 Å². The average Bonchev–Trinajstić information content (AvgIpc) is 3.07. The molecule has 1 aromatic carbocycles. The van der Waals surface area contributed by atoms with Crippen LogP contribution in [-0.2, 0) is 27.1 Å². The topological polar surface area (TPSA) is 93.9 Å². The SMILES string of the molecule is CC(NC(=O)C1(c2ccc(S(C)(=O)=O)cc2)CCCCC1)c1nncn1C. The molecule has 7 nitrogen and oxygen atoms in total. The van der Waals surface area contributed by atoms with Gasteiger partial charge >= 0.3 is 0 Å². The van der Waals surface area contributed by atoms with Crippen LogP contribution >= 0.6 is 0 Å². The first-order chi connectivity index (χ1) is 12.7. The lowest BCUT2D eigenvalue weighted by molar-refractivity contribution is -0.128. The third-order valence-corrected chi connectivity index (χ3v) is 6.59. The van der Waals surface area contributed by atoms with Crippen molar-refractivity contribution in [2.24, 2.45) is 7.05 Å². The number of amides is 1. The van der Waals surface area contributed by atoms with Crippen LogP contribution in [0.2, 0.25) is 0 Å². The Morgan fingerprint density at radius 3 is 2.33 bits per heavy atom. The molecule has 1 aliphatic rings. The van der Waals surface area contributed by atoms with Gasteiger partial charge in [0.25, 0.3) is 0 Å². The first-order valence-electron chi connectivity index (χ1n) is 9.19. The monoisotopic (exact) mass is 390 g/mol. The smallest absolute Gasteiger partial charge is 0.231 e. The molecule has 27 heavy (non-hydrogen) atoms. The summed E-state index contributed by atoms with van der Waals surface area (Å²) in [4.78, 5) is 13.6. The maximum Gasteiger partial charge on any atom is 0.231 e. The minimum absolute atomic E-state index is 0.0372. The molecule has 2 aromatic rings. The van der Waals surface area contributed by atoms with E-state index in [1.165, 1.54) is 6.26 Å². The Morgan fingerprint density at radius 1 is 1.19 bits per heavy atom. The lowest BCUT2D eigenvalue weighted by Crippen LogP contribution is -2.46. The highest BCUT2D eigenvalue weighted by atomic mass is 32.2. The molecular formula is C19H26N4O3S. The van der Waals surface area contributed by atoms with Gasteiger partial charge in [-0.05, 0) is 37.5 Å². The van der Waals surface area contributed by atoms with E-state index in [1.54, 1.807) is 35.2 Å².